The number of benzene rings is 2. The molecule has 0 aliphatic rings. The average molecular weight is 516 g/mol. The van der Waals surface area contributed by atoms with Gasteiger partial charge in [0.2, 0.25) is 5.91 Å². The predicted molar refractivity (Wildman–Crippen MR) is 144 cm³/mol. The highest BCUT2D eigenvalue weighted by molar-refractivity contribution is 7.80. The number of anilines is 1. The molecule has 196 valence electrons. The summed E-state index contributed by atoms with van der Waals surface area (Å²) in [6.45, 7) is 10.7. The fourth-order valence-corrected chi connectivity index (χ4v) is 3.91. The molecule has 2 rings (SSSR count). The molecule has 0 saturated heterocycles. The van der Waals surface area contributed by atoms with Gasteiger partial charge in [-0.3, -0.25) is 9.59 Å². The van der Waals surface area contributed by atoms with Gasteiger partial charge in [0.25, 0.3) is 5.91 Å². The van der Waals surface area contributed by atoms with Crippen molar-refractivity contribution in [3.05, 3.63) is 59.7 Å². The lowest BCUT2D eigenvalue weighted by atomic mass is 9.99. The van der Waals surface area contributed by atoms with Gasteiger partial charge in [-0.2, -0.15) is 12.6 Å². The minimum absolute atomic E-state index is 0.0160. The van der Waals surface area contributed by atoms with E-state index in [0.29, 0.717) is 12.1 Å². The molecular weight excluding hydrogens is 478 g/mol. The summed E-state index contributed by atoms with van der Waals surface area (Å²) in [5.41, 5.74) is 0.962. The molecule has 0 aliphatic heterocycles. The Morgan fingerprint density at radius 1 is 1.08 bits per heavy atom. The number of hydrogen-bond donors (Lipinski definition) is 4. The number of thiol groups is 1. The number of carbonyl (C=O) groups is 3. The predicted octanol–water partition coefficient (Wildman–Crippen LogP) is 4.83. The molecule has 0 spiro atoms. The van der Waals surface area contributed by atoms with Crippen LogP contribution in [0.3, 0.4) is 0 Å². The number of phenols is 1. The summed E-state index contributed by atoms with van der Waals surface area (Å²) < 4.78 is 5.32. The van der Waals surface area contributed by atoms with Gasteiger partial charge in [0.15, 0.2) is 0 Å². The number of alkyl carbamates (subject to hydrolysis) is 1. The maximum absolute atomic E-state index is 13.9. The van der Waals surface area contributed by atoms with Crippen LogP contribution < -0.4 is 10.6 Å². The Hall–Kier alpha value is -3.20. The first kappa shape index (κ1) is 29.0. The SMILES string of the molecule is CCC(C)N(C(=O)C(CS)NC(=O)OC(C)(C)C)C(C(=O)Nc1ccccc1C)c1ccccc1O. The van der Waals surface area contributed by atoms with Crippen molar-refractivity contribution in [3.8, 4) is 5.75 Å². The van der Waals surface area contributed by atoms with Gasteiger partial charge in [-0.05, 0) is 58.7 Å². The average Bonchev–Trinajstić information content (AvgIpc) is 2.81. The van der Waals surface area contributed by atoms with Gasteiger partial charge in [0, 0.05) is 23.0 Å². The van der Waals surface area contributed by atoms with Crippen LogP contribution >= 0.6 is 12.6 Å². The molecule has 9 heteroatoms. The standard InChI is InChI=1S/C27H37N3O5S/c1-7-18(3)30(25(33)21(16-36)29-26(34)35-27(4,5)6)23(19-13-9-11-15-22(19)31)24(32)28-20-14-10-8-12-17(20)2/h8-15,18,21,23,31,36H,7,16H2,1-6H3,(H,28,32)(H,29,34). The molecule has 0 bridgehead atoms. The number of hydrogen-bond acceptors (Lipinski definition) is 6. The highest BCUT2D eigenvalue weighted by Crippen LogP contribution is 2.33. The molecule has 0 fully saturated rings. The van der Waals surface area contributed by atoms with Gasteiger partial charge >= 0.3 is 6.09 Å². The van der Waals surface area contributed by atoms with Gasteiger partial charge in [0.1, 0.15) is 23.4 Å². The smallest absolute Gasteiger partial charge is 0.408 e. The Kier molecular flexibility index (Phi) is 10.2. The first-order valence-electron chi connectivity index (χ1n) is 12.0. The van der Waals surface area contributed by atoms with Crippen LogP contribution in [0.4, 0.5) is 10.5 Å². The van der Waals surface area contributed by atoms with Gasteiger partial charge < -0.3 is 25.4 Å². The molecule has 8 nitrogen and oxygen atoms in total. The third-order valence-corrected chi connectivity index (χ3v) is 6.02. The van der Waals surface area contributed by atoms with E-state index >= 15 is 0 Å². The lowest BCUT2D eigenvalue weighted by Crippen LogP contribution is -2.55. The lowest BCUT2D eigenvalue weighted by molar-refractivity contribution is -0.143. The Balaban J connectivity index is 2.53. The Morgan fingerprint density at radius 3 is 2.25 bits per heavy atom. The number of carbonyl (C=O) groups excluding carboxylic acids is 3. The van der Waals surface area contributed by atoms with E-state index in [4.69, 9.17) is 4.74 Å². The fourth-order valence-electron chi connectivity index (χ4n) is 3.66. The number of nitrogens with zero attached hydrogens (tertiary/aromatic N) is 1. The first-order valence-corrected chi connectivity index (χ1v) is 12.6. The highest BCUT2D eigenvalue weighted by Gasteiger charge is 2.39. The third kappa shape index (κ3) is 7.65. The molecular formula is C27H37N3O5S. The minimum atomic E-state index is -1.17. The van der Waals surface area contributed by atoms with E-state index in [1.807, 2.05) is 32.9 Å². The summed E-state index contributed by atoms with van der Waals surface area (Å²) in [6, 6.07) is 11.1. The quantitative estimate of drug-likeness (QED) is 0.358. The molecule has 0 saturated carbocycles. The zero-order chi connectivity index (χ0) is 27.0. The second-order valence-electron chi connectivity index (χ2n) is 9.65. The van der Waals surface area contributed by atoms with Crippen LogP contribution in [-0.2, 0) is 14.3 Å². The normalized spacial score (nSPS) is 13.8. The summed E-state index contributed by atoms with van der Waals surface area (Å²) >= 11 is 4.29. The number of aryl methyl sites for hydroxylation is 1. The summed E-state index contributed by atoms with van der Waals surface area (Å²) in [4.78, 5) is 41.5. The highest BCUT2D eigenvalue weighted by atomic mass is 32.1. The Morgan fingerprint density at radius 2 is 1.69 bits per heavy atom. The second-order valence-corrected chi connectivity index (χ2v) is 10.0. The summed E-state index contributed by atoms with van der Waals surface area (Å²) in [6.07, 6.45) is -0.235. The van der Waals surface area contributed by atoms with Crippen molar-refractivity contribution in [2.45, 2.75) is 71.7 Å². The number of amides is 3. The number of rotatable bonds is 9. The van der Waals surface area contributed by atoms with E-state index in [0.717, 1.165) is 5.56 Å². The molecule has 3 N–H and O–H groups in total. The minimum Gasteiger partial charge on any atom is -0.508 e. The zero-order valence-electron chi connectivity index (χ0n) is 21.7. The van der Waals surface area contributed by atoms with Crippen molar-refractivity contribution in [1.82, 2.24) is 10.2 Å². The number of aromatic hydroxyl groups is 1. The first-order chi connectivity index (χ1) is 16.9. The van der Waals surface area contributed by atoms with Crippen molar-refractivity contribution in [1.29, 1.82) is 0 Å². The second kappa shape index (κ2) is 12.7. The molecule has 0 aliphatic carbocycles. The van der Waals surface area contributed by atoms with E-state index < -0.39 is 41.6 Å². The monoisotopic (exact) mass is 515 g/mol. The molecule has 3 unspecified atom stereocenters. The van der Waals surface area contributed by atoms with Crippen LogP contribution in [0.15, 0.2) is 48.5 Å². The molecule has 0 aromatic heterocycles. The third-order valence-electron chi connectivity index (χ3n) is 5.65. The van der Waals surface area contributed by atoms with Gasteiger partial charge in [-0.15, -0.1) is 0 Å². The van der Waals surface area contributed by atoms with E-state index in [1.165, 1.54) is 11.0 Å². The van der Waals surface area contributed by atoms with Gasteiger partial charge in [-0.1, -0.05) is 43.3 Å². The maximum atomic E-state index is 13.9. The molecule has 0 heterocycles. The van der Waals surface area contributed by atoms with Crippen LogP contribution in [0.1, 0.15) is 58.2 Å². The van der Waals surface area contributed by atoms with Crippen molar-refractivity contribution >= 4 is 36.2 Å². The van der Waals surface area contributed by atoms with Gasteiger partial charge in [-0.25, -0.2) is 4.79 Å². The van der Waals surface area contributed by atoms with Gasteiger partial charge in [0.05, 0.1) is 0 Å². The van der Waals surface area contributed by atoms with Crippen LogP contribution in [0.2, 0.25) is 0 Å². The molecule has 0 radical (unpaired) electrons. The molecule has 3 amide bonds. The fraction of sp³-hybridized carbons (Fsp3) is 0.444. The zero-order valence-corrected chi connectivity index (χ0v) is 22.6. The summed E-state index contributed by atoms with van der Waals surface area (Å²) in [5, 5.41) is 16.2. The molecule has 36 heavy (non-hydrogen) atoms. The lowest BCUT2D eigenvalue weighted by Gasteiger charge is -2.38. The number of nitrogens with one attached hydrogen (secondary N) is 2. The van der Waals surface area contributed by atoms with Crippen LogP contribution in [0, 0.1) is 6.92 Å². The Bertz CT molecular complexity index is 1070. The molecule has 2 aromatic rings. The van der Waals surface area contributed by atoms with Crippen molar-refractivity contribution in [2.75, 3.05) is 11.1 Å². The topological polar surface area (TPSA) is 108 Å². The van der Waals surface area contributed by atoms with Crippen molar-refractivity contribution in [3.63, 3.8) is 0 Å². The van der Waals surface area contributed by atoms with E-state index in [2.05, 4.69) is 23.3 Å². The largest absolute Gasteiger partial charge is 0.508 e. The van der Waals surface area contributed by atoms with Crippen LogP contribution in [0.5, 0.6) is 5.75 Å². The number of para-hydroxylation sites is 2. The molecule has 2 aromatic carbocycles. The Labute approximate surface area is 218 Å². The maximum Gasteiger partial charge on any atom is 0.408 e. The number of phenolic OH excluding ortho intramolecular Hbond substituents is 1. The van der Waals surface area contributed by atoms with Crippen molar-refractivity contribution in [2.24, 2.45) is 0 Å². The summed E-state index contributed by atoms with van der Waals surface area (Å²) in [7, 11) is 0. The molecule has 3 atom stereocenters. The van der Waals surface area contributed by atoms with E-state index in [1.54, 1.807) is 51.1 Å². The summed E-state index contributed by atoms with van der Waals surface area (Å²) in [5.74, 6) is -1.14. The van der Waals surface area contributed by atoms with E-state index in [-0.39, 0.29) is 17.1 Å². The van der Waals surface area contributed by atoms with E-state index in [9.17, 15) is 19.5 Å². The van der Waals surface area contributed by atoms with Crippen molar-refractivity contribution < 1.29 is 24.2 Å². The van der Waals surface area contributed by atoms with Crippen LogP contribution in [0.25, 0.3) is 0 Å². The van der Waals surface area contributed by atoms with Crippen LogP contribution in [-0.4, -0.2) is 51.4 Å². The number of ether oxygens (including phenoxy) is 1.